The summed E-state index contributed by atoms with van der Waals surface area (Å²) in [5.41, 5.74) is 1.00. The van der Waals surface area contributed by atoms with Crippen molar-refractivity contribution in [2.45, 2.75) is 13.8 Å². The summed E-state index contributed by atoms with van der Waals surface area (Å²) >= 11 is 7.44. The lowest BCUT2D eigenvalue weighted by molar-refractivity contribution is 0.0521. The highest BCUT2D eigenvalue weighted by molar-refractivity contribution is 7.15. The lowest BCUT2D eigenvalue weighted by Crippen LogP contribution is -2.06. The Balaban J connectivity index is 2.51. The first kappa shape index (κ1) is 13.0. The molecule has 2 aromatic rings. The quantitative estimate of drug-likeness (QED) is 0.640. The average Bonchev–Trinajstić information content (AvgIpc) is 2.72. The van der Waals surface area contributed by atoms with Gasteiger partial charge in [-0.1, -0.05) is 11.6 Å². The third-order valence-corrected chi connectivity index (χ3v) is 3.51. The van der Waals surface area contributed by atoms with Crippen LogP contribution in [-0.2, 0) is 4.74 Å². The van der Waals surface area contributed by atoms with E-state index in [9.17, 15) is 4.79 Å². The predicted molar refractivity (Wildman–Crippen MR) is 71.0 cm³/mol. The van der Waals surface area contributed by atoms with Gasteiger partial charge in [-0.3, -0.25) is 0 Å². The topological polar surface area (TPSA) is 52.1 Å². The Labute approximate surface area is 114 Å². The standard InChI is InChI=1S/C12H11ClN2O2S/c1-3-17-12(16)9-10(18-7(2)15-9)8-5-4-6-14-11(8)13/h4-6H,3H2,1-2H3. The van der Waals surface area contributed by atoms with Crippen LogP contribution in [0.5, 0.6) is 0 Å². The van der Waals surface area contributed by atoms with Crippen molar-refractivity contribution in [1.82, 2.24) is 9.97 Å². The number of esters is 1. The monoisotopic (exact) mass is 282 g/mol. The Kier molecular flexibility index (Phi) is 3.93. The minimum atomic E-state index is -0.434. The minimum absolute atomic E-state index is 0.300. The highest BCUT2D eigenvalue weighted by atomic mass is 35.5. The van der Waals surface area contributed by atoms with Crippen molar-refractivity contribution >= 4 is 28.9 Å². The maximum Gasteiger partial charge on any atom is 0.358 e. The van der Waals surface area contributed by atoms with E-state index >= 15 is 0 Å². The van der Waals surface area contributed by atoms with Gasteiger partial charge in [0.2, 0.25) is 0 Å². The number of rotatable bonds is 3. The number of thiazole rings is 1. The molecule has 18 heavy (non-hydrogen) atoms. The van der Waals surface area contributed by atoms with E-state index in [0.29, 0.717) is 27.9 Å². The van der Waals surface area contributed by atoms with Crippen molar-refractivity contribution in [3.05, 3.63) is 34.2 Å². The summed E-state index contributed by atoms with van der Waals surface area (Å²) in [6.07, 6.45) is 1.60. The van der Waals surface area contributed by atoms with E-state index in [1.165, 1.54) is 11.3 Å². The first-order chi connectivity index (χ1) is 8.63. The van der Waals surface area contributed by atoms with E-state index in [1.54, 1.807) is 19.2 Å². The van der Waals surface area contributed by atoms with E-state index < -0.39 is 5.97 Å². The normalized spacial score (nSPS) is 10.4. The van der Waals surface area contributed by atoms with E-state index in [2.05, 4.69) is 9.97 Å². The van der Waals surface area contributed by atoms with Gasteiger partial charge >= 0.3 is 5.97 Å². The van der Waals surface area contributed by atoms with Crippen LogP contribution in [-0.4, -0.2) is 22.5 Å². The van der Waals surface area contributed by atoms with Crippen molar-refractivity contribution in [3.8, 4) is 10.4 Å². The van der Waals surface area contributed by atoms with Gasteiger partial charge in [0.1, 0.15) is 5.15 Å². The minimum Gasteiger partial charge on any atom is -0.461 e. The summed E-state index contributed by atoms with van der Waals surface area (Å²) < 4.78 is 4.99. The zero-order chi connectivity index (χ0) is 13.1. The number of halogens is 1. The fraction of sp³-hybridized carbons (Fsp3) is 0.250. The maximum absolute atomic E-state index is 11.8. The van der Waals surface area contributed by atoms with Crippen LogP contribution in [0.15, 0.2) is 18.3 Å². The lowest BCUT2D eigenvalue weighted by atomic mass is 10.2. The molecule has 0 amide bonds. The van der Waals surface area contributed by atoms with Gasteiger partial charge in [0, 0.05) is 11.8 Å². The molecule has 0 N–H and O–H groups in total. The van der Waals surface area contributed by atoms with Crippen LogP contribution in [0.2, 0.25) is 5.15 Å². The SMILES string of the molecule is CCOC(=O)c1nc(C)sc1-c1cccnc1Cl. The molecule has 2 rings (SSSR count). The summed E-state index contributed by atoms with van der Waals surface area (Å²) in [6.45, 7) is 3.91. The van der Waals surface area contributed by atoms with Crippen LogP contribution < -0.4 is 0 Å². The van der Waals surface area contributed by atoms with Crippen molar-refractivity contribution in [2.24, 2.45) is 0 Å². The second-order valence-electron chi connectivity index (χ2n) is 3.47. The molecule has 0 fully saturated rings. The van der Waals surface area contributed by atoms with Gasteiger partial charge < -0.3 is 4.74 Å². The van der Waals surface area contributed by atoms with Crippen molar-refractivity contribution in [3.63, 3.8) is 0 Å². The summed E-state index contributed by atoms with van der Waals surface area (Å²) in [5, 5.41) is 1.14. The fourth-order valence-electron chi connectivity index (χ4n) is 1.50. The molecule has 2 heterocycles. The second-order valence-corrected chi connectivity index (χ2v) is 5.03. The Bertz CT molecular complexity index is 583. The van der Waals surface area contributed by atoms with E-state index in [0.717, 1.165) is 5.01 Å². The number of carbonyl (C=O) groups excluding carboxylic acids is 1. The third kappa shape index (κ3) is 2.52. The number of pyridine rings is 1. The number of aromatic nitrogens is 2. The largest absolute Gasteiger partial charge is 0.461 e. The lowest BCUT2D eigenvalue weighted by Gasteiger charge is -2.03. The zero-order valence-electron chi connectivity index (χ0n) is 9.94. The van der Waals surface area contributed by atoms with Crippen LogP contribution >= 0.6 is 22.9 Å². The molecule has 0 aliphatic heterocycles. The number of hydrogen-bond donors (Lipinski definition) is 0. The molecule has 0 aromatic carbocycles. The van der Waals surface area contributed by atoms with Crippen LogP contribution in [0.25, 0.3) is 10.4 Å². The van der Waals surface area contributed by atoms with E-state index in [4.69, 9.17) is 16.3 Å². The molecule has 0 saturated heterocycles. The van der Waals surface area contributed by atoms with Crippen LogP contribution in [0.3, 0.4) is 0 Å². The zero-order valence-corrected chi connectivity index (χ0v) is 11.5. The molecular formula is C12H11ClN2O2S. The predicted octanol–water partition coefficient (Wildman–Crippen LogP) is 3.34. The number of aryl methyl sites for hydroxylation is 1. The molecule has 0 saturated carbocycles. The second kappa shape index (κ2) is 5.46. The first-order valence-corrected chi connectivity index (χ1v) is 6.58. The molecule has 0 radical (unpaired) electrons. The number of carbonyl (C=O) groups is 1. The Morgan fingerprint density at radius 1 is 1.56 bits per heavy atom. The molecule has 0 unspecified atom stereocenters. The summed E-state index contributed by atoms with van der Waals surface area (Å²) in [5.74, 6) is -0.434. The molecule has 94 valence electrons. The maximum atomic E-state index is 11.8. The van der Waals surface area contributed by atoms with Gasteiger partial charge in [0.25, 0.3) is 0 Å². The average molecular weight is 283 g/mol. The van der Waals surface area contributed by atoms with Crippen molar-refractivity contribution < 1.29 is 9.53 Å². The van der Waals surface area contributed by atoms with Crippen LogP contribution in [0, 0.1) is 6.92 Å². The molecular weight excluding hydrogens is 272 g/mol. The third-order valence-electron chi connectivity index (χ3n) is 2.21. The van der Waals surface area contributed by atoms with Gasteiger partial charge in [-0.15, -0.1) is 11.3 Å². The Hall–Kier alpha value is -1.46. The smallest absolute Gasteiger partial charge is 0.358 e. The summed E-state index contributed by atoms with van der Waals surface area (Å²) in [7, 11) is 0. The van der Waals surface area contributed by atoms with Crippen LogP contribution in [0.1, 0.15) is 22.4 Å². The van der Waals surface area contributed by atoms with Gasteiger partial charge in [0.05, 0.1) is 16.5 Å². The van der Waals surface area contributed by atoms with E-state index in [1.807, 2.05) is 13.0 Å². The molecule has 6 heteroatoms. The molecule has 0 aliphatic rings. The van der Waals surface area contributed by atoms with E-state index in [-0.39, 0.29) is 0 Å². The van der Waals surface area contributed by atoms with Gasteiger partial charge in [-0.05, 0) is 26.0 Å². The molecule has 0 aliphatic carbocycles. The fourth-order valence-corrected chi connectivity index (χ4v) is 2.71. The highest BCUT2D eigenvalue weighted by Gasteiger charge is 2.21. The Morgan fingerprint density at radius 3 is 3.00 bits per heavy atom. The van der Waals surface area contributed by atoms with Gasteiger partial charge in [-0.25, -0.2) is 14.8 Å². The number of hydrogen-bond acceptors (Lipinski definition) is 5. The number of ether oxygens (including phenoxy) is 1. The summed E-state index contributed by atoms with van der Waals surface area (Å²) in [4.78, 5) is 20.7. The van der Waals surface area contributed by atoms with Crippen LogP contribution in [0.4, 0.5) is 0 Å². The van der Waals surface area contributed by atoms with Gasteiger partial charge in [0.15, 0.2) is 5.69 Å². The number of nitrogens with zero attached hydrogens (tertiary/aromatic N) is 2. The van der Waals surface area contributed by atoms with Gasteiger partial charge in [-0.2, -0.15) is 0 Å². The highest BCUT2D eigenvalue weighted by Crippen LogP contribution is 2.34. The summed E-state index contributed by atoms with van der Waals surface area (Å²) in [6, 6.07) is 3.58. The molecule has 0 spiro atoms. The molecule has 0 bridgehead atoms. The van der Waals surface area contributed by atoms with Crippen molar-refractivity contribution in [1.29, 1.82) is 0 Å². The first-order valence-electron chi connectivity index (χ1n) is 5.39. The molecule has 4 nitrogen and oxygen atoms in total. The Morgan fingerprint density at radius 2 is 2.33 bits per heavy atom. The molecule has 2 aromatic heterocycles. The molecule has 0 atom stereocenters. The van der Waals surface area contributed by atoms with Crippen molar-refractivity contribution in [2.75, 3.05) is 6.61 Å².